The highest BCUT2D eigenvalue weighted by Crippen LogP contribution is 2.23. The van der Waals surface area contributed by atoms with Gasteiger partial charge >= 0.3 is 0 Å². The van der Waals surface area contributed by atoms with Crippen LogP contribution in [0.3, 0.4) is 0 Å². The fourth-order valence-corrected chi connectivity index (χ4v) is 2.26. The molecule has 14 heavy (non-hydrogen) atoms. The summed E-state index contributed by atoms with van der Waals surface area (Å²) in [5.74, 6) is 1.79. The second kappa shape index (κ2) is 8.28. The SMILES string of the molecule is CCNC(C)C(CC)CC(CC)CC. The zero-order valence-corrected chi connectivity index (χ0v) is 10.8. The van der Waals surface area contributed by atoms with Gasteiger partial charge in [-0.2, -0.15) is 0 Å². The molecule has 1 N–H and O–H groups in total. The Morgan fingerprint density at radius 2 is 1.50 bits per heavy atom. The molecule has 0 bridgehead atoms. The summed E-state index contributed by atoms with van der Waals surface area (Å²) < 4.78 is 0. The Hall–Kier alpha value is -0.0400. The van der Waals surface area contributed by atoms with Crippen LogP contribution in [0.5, 0.6) is 0 Å². The van der Waals surface area contributed by atoms with Crippen molar-refractivity contribution in [3.63, 3.8) is 0 Å². The van der Waals surface area contributed by atoms with E-state index in [1.54, 1.807) is 0 Å². The molecule has 2 unspecified atom stereocenters. The fraction of sp³-hybridized carbons (Fsp3) is 1.00. The maximum atomic E-state index is 3.55. The molecule has 0 aromatic heterocycles. The number of rotatable bonds is 8. The average molecular weight is 199 g/mol. The van der Waals surface area contributed by atoms with Crippen molar-refractivity contribution in [2.75, 3.05) is 6.54 Å². The summed E-state index contributed by atoms with van der Waals surface area (Å²) >= 11 is 0. The smallest absolute Gasteiger partial charge is 0.00668 e. The van der Waals surface area contributed by atoms with Crippen molar-refractivity contribution in [2.45, 2.75) is 66.3 Å². The van der Waals surface area contributed by atoms with Gasteiger partial charge in [-0.1, -0.05) is 47.0 Å². The third-order valence-electron chi connectivity index (χ3n) is 3.55. The van der Waals surface area contributed by atoms with Crippen LogP contribution in [0.15, 0.2) is 0 Å². The van der Waals surface area contributed by atoms with Crippen molar-refractivity contribution >= 4 is 0 Å². The van der Waals surface area contributed by atoms with E-state index in [-0.39, 0.29) is 0 Å². The lowest BCUT2D eigenvalue weighted by Gasteiger charge is -2.27. The molecule has 0 spiro atoms. The molecule has 0 aromatic carbocycles. The molecule has 0 fully saturated rings. The molecule has 0 radical (unpaired) electrons. The molecule has 2 atom stereocenters. The number of nitrogens with one attached hydrogen (secondary N) is 1. The van der Waals surface area contributed by atoms with Crippen LogP contribution < -0.4 is 5.32 Å². The molecule has 0 amide bonds. The highest BCUT2D eigenvalue weighted by molar-refractivity contribution is 4.73. The van der Waals surface area contributed by atoms with Gasteiger partial charge in [-0.05, 0) is 31.7 Å². The van der Waals surface area contributed by atoms with Crippen LogP contribution in [0.25, 0.3) is 0 Å². The van der Waals surface area contributed by atoms with Crippen LogP contribution in [0, 0.1) is 11.8 Å². The molecular weight excluding hydrogens is 170 g/mol. The van der Waals surface area contributed by atoms with E-state index in [0.29, 0.717) is 6.04 Å². The van der Waals surface area contributed by atoms with Crippen molar-refractivity contribution in [2.24, 2.45) is 11.8 Å². The summed E-state index contributed by atoms with van der Waals surface area (Å²) in [4.78, 5) is 0. The molecule has 0 heterocycles. The molecule has 0 saturated carbocycles. The van der Waals surface area contributed by atoms with Crippen LogP contribution in [0.2, 0.25) is 0 Å². The Balaban J connectivity index is 3.98. The van der Waals surface area contributed by atoms with Crippen LogP contribution in [0.4, 0.5) is 0 Å². The standard InChI is InChI=1S/C13H29N/c1-6-12(7-2)10-13(8-3)11(5)14-9-4/h11-14H,6-10H2,1-5H3. The largest absolute Gasteiger partial charge is 0.314 e. The molecule has 0 saturated heterocycles. The minimum Gasteiger partial charge on any atom is -0.314 e. The van der Waals surface area contributed by atoms with Gasteiger partial charge in [0.25, 0.3) is 0 Å². The van der Waals surface area contributed by atoms with E-state index in [2.05, 4.69) is 39.9 Å². The topological polar surface area (TPSA) is 12.0 Å². The van der Waals surface area contributed by atoms with Crippen molar-refractivity contribution in [1.29, 1.82) is 0 Å². The van der Waals surface area contributed by atoms with E-state index in [0.717, 1.165) is 18.4 Å². The van der Waals surface area contributed by atoms with Crippen molar-refractivity contribution in [3.8, 4) is 0 Å². The Morgan fingerprint density at radius 3 is 1.86 bits per heavy atom. The third kappa shape index (κ3) is 4.99. The monoisotopic (exact) mass is 199 g/mol. The molecule has 1 nitrogen and oxygen atoms in total. The summed E-state index contributed by atoms with van der Waals surface area (Å²) in [5.41, 5.74) is 0. The third-order valence-corrected chi connectivity index (χ3v) is 3.55. The summed E-state index contributed by atoms with van der Waals surface area (Å²) in [6.45, 7) is 12.6. The Kier molecular flexibility index (Phi) is 8.26. The highest BCUT2D eigenvalue weighted by Gasteiger charge is 2.17. The zero-order chi connectivity index (χ0) is 11.0. The van der Waals surface area contributed by atoms with Crippen molar-refractivity contribution in [1.82, 2.24) is 5.32 Å². The Morgan fingerprint density at radius 1 is 0.929 bits per heavy atom. The fourth-order valence-electron chi connectivity index (χ4n) is 2.26. The van der Waals surface area contributed by atoms with Gasteiger partial charge in [0.2, 0.25) is 0 Å². The van der Waals surface area contributed by atoms with E-state index in [4.69, 9.17) is 0 Å². The predicted molar refractivity (Wildman–Crippen MR) is 65.6 cm³/mol. The first-order valence-electron chi connectivity index (χ1n) is 6.42. The van der Waals surface area contributed by atoms with Gasteiger partial charge < -0.3 is 5.32 Å². The lowest BCUT2D eigenvalue weighted by molar-refractivity contribution is 0.284. The van der Waals surface area contributed by atoms with Gasteiger partial charge in [-0.25, -0.2) is 0 Å². The lowest BCUT2D eigenvalue weighted by atomic mass is 9.85. The Bertz CT molecular complexity index is 118. The first kappa shape index (κ1) is 14.0. The van der Waals surface area contributed by atoms with Gasteiger partial charge in [-0.15, -0.1) is 0 Å². The molecule has 0 rings (SSSR count). The summed E-state index contributed by atoms with van der Waals surface area (Å²) in [6.07, 6.45) is 5.39. The van der Waals surface area contributed by atoms with Crippen LogP contribution in [-0.2, 0) is 0 Å². The van der Waals surface area contributed by atoms with Crippen LogP contribution >= 0.6 is 0 Å². The highest BCUT2D eigenvalue weighted by atomic mass is 14.9. The number of hydrogen-bond donors (Lipinski definition) is 1. The lowest BCUT2D eigenvalue weighted by Crippen LogP contribution is -2.34. The quantitative estimate of drug-likeness (QED) is 0.626. The maximum Gasteiger partial charge on any atom is 0.00668 e. The normalized spacial score (nSPS) is 15.9. The Labute approximate surface area is 90.7 Å². The van der Waals surface area contributed by atoms with Gasteiger partial charge in [0, 0.05) is 6.04 Å². The first-order valence-corrected chi connectivity index (χ1v) is 6.42. The zero-order valence-electron chi connectivity index (χ0n) is 10.8. The maximum absolute atomic E-state index is 3.55. The van der Waals surface area contributed by atoms with E-state index < -0.39 is 0 Å². The summed E-state index contributed by atoms with van der Waals surface area (Å²) in [6, 6.07) is 0.686. The number of hydrogen-bond acceptors (Lipinski definition) is 1. The molecule has 1 heteroatoms. The minimum atomic E-state index is 0.686. The second-order valence-corrected chi connectivity index (χ2v) is 4.43. The van der Waals surface area contributed by atoms with Gasteiger partial charge in [0.05, 0.1) is 0 Å². The molecule has 0 aliphatic heterocycles. The van der Waals surface area contributed by atoms with E-state index >= 15 is 0 Å². The minimum absolute atomic E-state index is 0.686. The van der Waals surface area contributed by atoms with E-state index in [1.165, 1.54) is 25.7 Å². The van der Waals surface area contributed by atoms with Crippen LogP contribution in [-0.4, -0.2) is 12.6 Å². The van der Waals surface area contributed by atoms with Crippen LogP contribution in [0.1, 0.15) is 60.3 Å². The van der Waals surface area contributed by atoms with Crippen molar-refractivity contribution < 1.29 is 0 Å². The van der Waals surface area contributed by atoms with E-state index in [1.807, 2.05) is 0 Å². The molecule has 0 aliphatic rings. The van der Waals surface area contributed by atoms with Crippen molar-refractivity contribution in [3.05, 3.63) is 0 Å². The second-order valence-electron chi connectivity index (χ2n) is 4.43. The molecular formula is C13H29N. The van der Waals surface area contributed by atoms with Gasteiger partial charge in [0.15, 0.2) is 0 Å². The molecule has 0 aromatic rings. The van der Waals surface area contributed by atoms with Gasteiger partial charge in [0.1, 0.15) is 0 Å². The van der Waals surface area contributed by atoms with E-state index in [9.17, 15) is 0 Å². The summed E-state index contributed by atoms with van der Waals surface area (Å²) in [5, 5.41) is 3.55. The van der Waals surface area contributed by atoms with Gasteiger partial charge in [-0.3, -0.25) is 0 Å². The molecule has 86 valence electrons. The average Bonchev–Trinajstić information content (AvgIpc) is 2.20. The summed E-state index contributed by atoms with van der Waals surface area (Å²) in [7, 11) is 0. The predicted octanol–water partition coefficient (Wildman–Crippen LogP) is 3.84. The first-order chi connectivity index (χ1) is 6.69. The molecule has 0 aliphatic carbocycles.